The maximum atomic E-state index is 13.2. The average molecular weight is 423 g/mol. The first-order valence-corrected chi connectivity index (χ1v) is 9.98. The number of hydrogen-bond acceptors (Lipinski definition) is 5. The van der Waals surface area contributed by atoms with Crippen molar-refractivity contribution in [2.45, 2.75) is 6.92 Å². The molecule has 0 saturated carbocycles. The number of rotatable bonds is 4. The third-order valence-corrected chi connectivity index (χ3v) is 5.19. The van der Waals surface area contributed by atoms with Crippen LogP contribution in [0.1, 0.15) is 32.0 Å². The van der Waals surface area contributed by atoms with E-state index in [2.05, 4.69) is 5.32 Å². The monoisotopic (exact) mass is 423 g/mol. The minimum Gasteiger partial charge on any atom is -0.451 e. The maximum Gasteiger partial charge on any atom is 0.293 e. The highest BCUT2D eigenvalue weighted by Crippen LogP contribution is 2.32. The van der Waals surface area contributed by atoms with E-state index in [0.29, 0.717) is 27.5 Å². The number of aryl methyl sites for hydroxylation is 1. The van der Waals surface area contributed by atoms with E-state index >= 15 is 0 Å². The summed E-state index contributed by atoms with van der Waals surface area (Å²) in [4.78, 5) is 38.7. The fraction of sp³-hybridized carbons (Fsp3) is 0.0385. The summed E-state index contributed by atoms with van der Waals surface area (Å²) >= 11 is 0. The summed E-state index contributed by atoms with van der Waals surface area (Å²) in [6, 6.07) is 22.1. The molecule has 1 amide bonds. The van der Waals surface area contributed by atoms with Gasteiger partial charge in [-0.15, -0.1) is 0 Å². The number of amides is 1. The van der Waals surface area contributed by atoms with Crippen molar-refractivity contribution < 1.29 is 18.4 Å². The van der Waals surface area contributed by atoms with Gasteiger partial charge in [-0.3, -0.25) is 19.7 Å². The Labute approximate surface area is 182 Å². The second-order valence-electron chi connectivity index (χ2n) is 7.43. The van der Waals surface area contributed by atoms with Crippen LogP contribution in [0.3, 0.4) is 0 Å². The molecule has 32 heavy (non-hydrogen) atoms. The molecule has 2 heterocycles. The number of carbonyl (C=O) groups is 2. The van der Waals surface area contributed by atoms with Gasteiger partial charge >= 0.3 is 0 Å². The summed E-state index contributed by atoms with van der Waals surface area (Å²) in [5.41, 5.74) is 2.03. The first-order valence-electron chi connectivity index (χ1n) is 9.98. The zero-order chi connectivity index (χ0) is 22.2. The van der Waals surface area contributed by atoms with Crippen molar-refractivity contribution in [2.24, 2.45) is 0 Å². The number of nitrogens with one attached hydrogen (secondary N) is 1. The van der Waals surface area contributed by atoms with Gasteiger partial charge in [-0.2, -0.15) is 0 Å². The standard InChI is InChI=1S/C26H17NO5/c1-15-11-12-17-19(28)14-22(31-21(17)13-15)25(30)27-26-23(18-9-5-6-10-20(18)32-26)24(29)16-7-3-2-4-8-16/h2-14H,1H3,(H,27,30). The number of ketones is 1. The van der Waals surface area contributed by atoms with Crippen molar-refractivity contribution in [3.8, 4) is 0 Å². The van der Waals surface area contributed by atoms with Crippen LogP contribution in [0.25, 0.3) is 21.9 Å². The smallest absolute Gasteiger partial charge is 0.293 e. The Balaban J connectivity index is 1.59. The molecule has 1 N–H and O–H groups in total. The Bertz CT molecular complexity index is 1560. The Morgan fingerprint density at radius 2 is 1.53 bits per heavy atom. The Hall–Kier alpha value is -4.45. The lowest BCUT2D eigenvalue weighted by molar-refractivity contribution is 0.0995. The van der Waals surface area contributed by atoms with Gasteiger partial charge in [-0.05, 0) is 30.7 Å². The predicted molar refractivity (Wildman–Crippen MR) is 121 cm³/mol. The number of carbonyl (C=O) groups excluding carboxylic acids is 2. The van der Waals surface area contributed by atoms with E-state index in [1.165, 1.54) is 0 Å². The first-order chi connectivity index (χ1) is 15.5. The number of hydrogen-bond donors (Lipinski definition) is 1. The van der Waals surface area contributed by atoms with Crippen molar-refractivity contribution in [1.29, 1.82) is 0 Å². The van der Waals surface area contributed by atoms with Crippen LogP contribution in [-0.2, 0) is 0 Å². The second-order valence-corrected chi connectivity index (χ2v) is 7.43. The van der Waals surface area contributed by atoms with Crippen molar-refractivity contribution in [2.75, 3.05) is 5.32 Å². The molecule has 3 aromatic carbocycles. The highest BCUT2D eigenvalue weighted by atomic mass is 16.4. The highest BCUT2D eigenvalue weighted by Gasteiger charge is 2.24. The number of furan rings is 1. The third kappa shape index (κ3) is 3.37. The summed E-state index contributed by atoms with van der Waals surface area (Å²) in [7, 11) is 0. The molecule has 0 unspecified atom stereocenters. The number of benzene rings is 3. The van der Waals surface area contributed by atoms with Crippen LogP contribution in [0.15, 0.2) is 92.5 Å². The van der Waals surface area contributed by atoms with Crippen LogP contribution in [0.2, 0.25) is 0 Å². The number of anilines is 1. The zero-order valence-corrected chi connectivity index (χ0v) is 17.0. The lowest BCUT2D eigenvalue weighted by Gasteiger charge is -2.06. The largest absolute Gasteiger partial charge is 0.451 e. The molecule has 0 bridgehead atoms. The van der Waals surface area contributed by atoms with Gasteiger partial charge in [0.2, 0.25) is 5.88 Å². The predicted octanol–water partition coefficient (Wildman–Crippen LogP) is 5.33. The molecule has 5 aromatic rings. The molecule has 0 aliphatic heterocycles. The second kappa shape index (κ2) is 7.67. The zero-order valence-electron chi connectivity index (χ0n) is 17.0. The van der Waals surface area contributed by atoms with Gasteiger partial charge in [0.05, 0.1) is 10.9 Å². The molecule has 6 nitrogen and oxygen atoms in total. The number of para-hydroxylation sites is 1. The van der Waals surface area contributed by atoms with Gasteiger partial charge in [0.15, 0.2) is 17.0 Å². The molecule has 0 saturated heterocycles. The van der Waals surface area contributed by atoms with Gasteiger partial charge in [-0.1, -0.05) is 54.6 Å². The fourth-order valence-electron chi connectivity index (χ4n) is 3.63. The minimum atomic E-state index is -0.688. The Morgan fingerprint density at radius 1 is 0.781 bits per heavy atom. The normalized spacial score (nSPS) is 11.0. The maximum absolute atomic E-state index is 13.2. The molecule has 2 aromatic heterocycles. The molecule has 0 spiro atoms. The van der Waals surface area contributed by atoms with Crippen LogP contribution >= 0.6 is 0 Å². The molecular weight excluding hydrogens is 406 g/mol. The molecule has 0 radical (unpaired) electrons. The highest BCUT2D eigenvalue weighted by molar-refractivity contribution is 6.20. The SMILES string of the molecule is Cc1ccc2c(=O)cc(C(=O)Nc3oc4ccccc4c3C(=O)c3ccccc3)oc2c1. The first kappa shape index (κ1) is 19.5. The molecule has 6 heteroatoms. The number of fused-ring (bicyclic) bond motifs is 2. The average Bonchev–Trinajstić information content (AvgIpc) is 3.16. The van der Waals surface area contributed by atoms with E-state index in [4.69, 9.17) is 8.83 Å². The summed E-state index contributed by atoms with van der Waals surface area (Å²) in [6.45, 7) is 1.86. The summed E-state index contributed by atoms with van der Waals surface area (Å²) < 4.78 is 11.5. The van der Waals surface area contributed by atoms with E-state index in [9.17, 15) is 14.4 Å². The minimum absolute atomic E-state index is 0.00274. The van der Waals surface area contributed by atoms with E-state index < -0.39 is 5.91 Å². The topological polar surface area (TPSA) is 89.5 Å². The van der Waals surface area contributed by atoms with Crippen molar-refractivity contribution in [3.63, 3.8) is 0 Å². The van der Waals surface area contributed by atoms with E-state index in [-0.39, 0.29) is 28.4 Å². The van der Waals surface area contributed by atoms with Gasteiger partial charge < -0.3 is 8.83 Å². The van der Waals surface area contributed by atoms with Crippen LogP contribution in [0, 0.1) is 6.92 Å². The molecule has 0 atom stereocenters. The van der Waals surface area contributed by atoms with Crippen LogP contribution in [0.4, 0.5) is 5.88 Å². The van der Waals surface area contributed by atoms with Crippen LogP contribution in [-0.4, -0.2) is 11.7 Å². The third-order valence-electron chi connectivity index (χ3n) is 5.19. The van der Waals surface area contributed by atoms with Crippen LogP contribution in [0.5, 0.6) is 0 Å². The Morgan fingerprint density at radius 3 is 2.34 bits per heavy atom. The Kier molecular flexibility index (Phi) is 4.67. The molecular formula is C26H17NO5. The molecule has 0 fully saturated rings. The van der Waals surface area contributed by atoms with Crippen molar-refractivity contribution in [3.05, 3.63) is 112 Å². The summed E-state index contributed by atoms with van der Waals surface area (Å²) in [5, 5.41) is 3.58. The molecule has 0 aliphatic rings. The van der Waals surface area contributed by atoms with Crippen molar-refractivity contribution >= 4 is 39.5 Å². The van der Waals surface area contributed by atoms with Gasteiger partial charge in [0, 0.05) is 17.0 Å². The summed E-state index contributed by atoms with van der Waals surface area (Å²) in [5.74, 6) is -1.16. The van der Waals surface area contributed by atoms with Gasteiger partial charge in [0.1, 0.15) is 11.2 Å². The fourth-order valence-corrected chi connectivity index (χ4v) is 3.63. The lowest BCUT2D eigenvalue weighted by Crippen LogP contribution is -2.16. The van der Waals surface area contributed by atoms with Crippen LogP contribution < -0.4 is 10.7 Å². The summed E-state index contributed by atoms with van der Waals surface area (Å²) in [6.07, 6.45) is 0. The van der Waals surface area contributed by atoms with E-state index in [1.807, 2.05) is 13.0 Å². The molecule has 156 valence electrons. The van der Waals surface area contributed by atoms with Gasteiger partial charge in [0.25, 0.3) is 5.91 Å². The van der Waals surface area contributed by atoms with E-state index in [0.717, 1.165) is 11.6 Å². The van der Waals surface area contributed by atoms with E-state index in [1.54, 1.807) is 66.7 Å². The molecule has 0 aliphatic carbocycles. The molecule has 5 rings (SSSR count). The van der Waals surface area contributed by atoms with Crippen molar-refractivity contribution in [1.82, 2.24) is 0 Å². The quantitative estimate of drug-likeness (QED) is 0.395. The lowest BCUT2D eigenvalue weighted by atomic mass is 10.0. The van der Waals surface area contributed by atoms with Gasteiger partial charge in [-0.25, -0.2) is 0 Å².